The zero-order valence-electron chi connectivity index (χ0n) is 20.0. The predicted octanol–water partition coefficient (Wildman–Crippen LogP) is 2.69. The van der Waals surface area contributed by atoms with E-state index in [1.807, 2.05) is 0 Å². The van der Waals surface area contributed by atoms with E-state index in [-0.39, 0.29) is 12.1 Å². The van der Waals surface area contributed by atoms with E-state index in [0.29, 0.717) is 16.7 Å². The maximum absolute atomic E-state index is 13.4. The molecule has 0 aliphatic heterocycles. The van der Waals surface area contributed by atoms with Crippen molar-refractivity contribution >= 4 is 29.3 Å². The summed E-state index contributed by atoms with van der Waals surface area (Å²) in [5.41, 5.74) is 0.808. The predicted molar refractivity (Wildman–Crippen MR) is 134 cm³/mol. The number of nitrogens with zero attached hydrogens (tertiary/aromatic N) is 1. The first-order valence-electron chi connectivity index (χ1n) is 11.4. The number of halogens is 1. The lowest BCUT2D eigenvalue weighted by molar-refractivity contribution is -0.140. The number of nitrogens with one attached hydrogen (secondary N) is 2. The van der Waals surface area contributed by atoms with Gasteiger partial charge in [0.05, 0.1) is 6.42 Å². The van der Waals surface area contributed by atoms with Crippen molar-refractivity contribution in [1.82, 2.24) is 9.88 Å². The van der Waals surface area contributed by atoms with Crippen molar-refractivity contribution in [3.05, 3.63) is 100.0 Å². The number of amides is 2. The second-order valence-corrected chi connectivity index (χ2v) is 8.43. The fourth-order valence-electron chi connectivity index (χ4n) is 3.78. The fraction of sp³-hybridized carbons (Fsp3) is 0.222. The molecule has 0 aliphatic carbocycles. The molecule has 2 amide bonds. The van der Waals surface area contributed by atoms with Gasteiger partial charge in [0.15, 0.2) is 5.78 Å². The number of carbonyl (C=O) groups is 4. The van der Waals surface area contributed by atoms with Crippen LogP contribution in [0.25, 0.3) is 0 Å². The molecule has 1 heterocycles. The Morgan fingerprint density at radius 2 is 1.62 bits per heavy atom. The number of aromatic nitrogens is 1. The number of alkyl halides is 1. The van der Waals surface area contributed by atoms with Gasteiger partial charge in [-0.25, -0.2) is 4.39 Å². The van der Waals surface area contributed by atoms with Gasteiger partial charge in [0.25, 0.3) is 11.5 Å². The van der Waals surface area contributed by atoms with Gasteiger partial charge in [0, 0.05) is 18.2 Å². The molecule has 0 radical (unpaired) electrons. The number of hydrogen-bond donors (Lipinski definition) is 3. The van der Waals surface area contributed by atoms with Crippen LogP contribution in [0.2, 0.25) is 0 Å². The zero-order valence-corrected chi connectivity index (χ0v) is 20.0. The third-order valence-corrected chi connectivity index (χ3v) is 5.59. The molecule has 10 heteroatoms. The first kappa shape index (κ1) is 27.0. The second kappa shape index (κ2) is 12.4. The number of aryl methyl sites for hydroxylation is 1. The average molecular weight is 508 g/mol. The number of ketones is 1. The number of pyridine rings is 1. The van der Waals surface area contributed by atoms with Crippen LogP contribution < -0.4 is 16.2 Å². The average Bonchev–Trinajstić information content (AvgIpc) is 2.89. The quantitative estimate of drug-likeness (QED) is 0.365. The van der Waals surface area contributed by atoms with Crippen LogP contribution in [0.5, 0.6) is 0 Å². The van der Waals surface area contributed by atoms with Gasteiger partial charge in [-0.15, -0.1) is 0 Å². The zero-order chi connectivity index (χ0) is 26.9. The molecular formula is C27H26FN3O6. The molecule has 9 nitrogen and oxygen atoms in total. The number of hydrogen-bond acceptors (Lipinski definition) is 5. The minimum absolute atomic E-state index is 0.00567. The Balaban J connectivity index is 2.01. The number of rotatable bonds is 11. The third-order valence-electron chi connectivity index (χ3n) is 5.59. The van der Waals surface area contributed by atoms with Crippen LogP contribution in [0.3, 0.4) is 0 Å². The van der Waals surface area contributed by atoms with Crippen molar-refractivity contribution in [1.29, 1.82) is 0 Å². The highest BCUT2D eigenvalue weighted by atomic mass is 19.1. The third kappa shape index (κ3) is 7.20. The molecule has 1 aromatic heterocycles. The molecule has 2 atom stereocenters. The molecule has 0 bridgehead atoms. The van der Waals surface area contributed by atoms with Gasteiger partial charge in [-0.2, -0.15) is 0 Å². The summed E-state index contributed by atoms with van der Waals surface area (Å²) in [6.07, 6.45) is 0.621. The molecule has 0 spiro atoms. The fourth-order valence-corrected chi connectivity index (χ4v) is 3.78. The lowest BCUT2D eigenvalue weighted by Gasteiger charge is -2.23. The van der Waals surface area contributed by atoms with Gasteiger partial charge in [0.2, 0.25) is 5.91 Å². The Labute approximate surface area is 211 Å². The summed E-state index contributed by atoms with van der Waals surface area (Å²) in [6, 6.07) is 15.6. The van der Waals surface area contributed by atoms with Crippen molar-refractivity contribution in [2.75, 3.05) is 12.0 Å². The largest absolute Gasteiger partial charge is 0.481 e. The van der Waals surface area contributed by atoms with Gasteiger partial charge < -0.3 is 20.3 Å². The molecule has 3 aromatic rings. The number of carboxylic acid groups (broad SMARTS) is 1. The van der Waals surface area contributed by atoms with Crippen molar-refractivity contribution in [3.63, 3.8) is 0 Å². The van der Waals surface area contributed by atoms with Crippen molar-refractivity contribution < 1.29 is 28.7 Å². The molecule has 3 rings (SSSR count). The van der Waals surface area contributed by atoms with Gasteiger partial charge in [-0.05, 0) is 36.2 Å². The topological polar surface area (TPSA) is 135 Å². The Morgan fingerprint density at radius 3 is 2.22 bits per heavy atom. The maximum atomic E-state index is 13.4. The molecule has 192 valence electrons. The minimum Gasteiger partial charge on any atom is -0.481 e. The van der Waals surface area contributed by atoms with Crippen molar-refractivity contribution in [2.45, 2.75) is 31.8 Å². The Kier molecular flexibility index (Phi) is 9.04. The van der Waals surface area contributed by atoms with E-state index in [1.165, 1.54) is 12.3 Å². The van der Waals surface area contributed by atoms with Gasteiger partial charge in [-0.3, -0.25) is 24.0 Å². The summed E-state index contributed by atoms with van der Waals surface area (Å²) in [7, 11) is 0. The summed E-state index contributed by atoms with van der Waals surface area (Å²) in [6.45, 7) is 0.215. The number of carboxylic acids is 1. The Hall–Kier alpha value is -4.60. The van der Waals surface area contributed by atoms with Crippen LogP contribution in [0.15, 0.2) is 77.7 Å². The highest BCUT2D eigenvalue weighted by molar-refractivity contribution is 6.04. The number of anilines is 1. The molecule has 37 heavy (non-hydrogen) atoms. The highest BCUT2D eigenvalue weighted by Crippen LogP contribution is 2.17. The second-order valence-electron chi connectivity index (χ2n) is 8.43. The van der Waals surface area contributed by atoms with E-state index in [4.69, 9.17) is 5.11 Å². The van der Waals surface area contributed by atoms with Crippen LogP contribution in [0, 0.1) is 6.92 Å². The SMILES string of the molecule is Cc1cc(NC(=O)c2ccccc2)c(=O)n([C@@H](Cc2ccccc2)C(=O)N[C@H](CC(=O)O)C(=O)CF)c1. The van der Waals surface area contributed by atoms with Crippen molar-refractivity contribution in [3.8, 4) is 0 Å². The summed E-state index contributed by atoms with van der Waals surface area (Å²) in [5.74, 6) is -3.86. The van der Waals surface area contributed by atoms with E-state index in [0.717, 1.165) is 4.57 Å². The van der Waals surface area contributed by atoms with Crippen LogP contribution in [-0.4, -0.2) is 46.0 Å². The normalized spacial score (nSPS) is 12.3. The Bertz CT molecular complexity index is 1340. The van der Waals surface area contributed by atoms with Crippen LogP contribution in [-0.2, 0) is 20.8 Å². The lowest BCUT2D eigenvalue weighted by atomic mass is 10.0. The van der Waals surface area contributed by atoms with Crippen LogP contribution >= 0.6 is 0 Å². The summed E-state index contributed by atoms with van der Waals surface area (Å²) >= 11 is 0. The van der Waals surface area contributed by atoms with Gasteiger partial charge in [-0.1, -0.05) is 48.5 Å². The molecule has 2 aromatic carbocycles. The molecule has 0 unspecified atom stereocenters. The number of carbonyl (C=O) groups excluding carboxylic acids is 3. The lowest BCUT2D eigenvalue weighted by Crippen LogP contribution is -2.47. The maximum Gasteiger partial charge on any atom is 0.305 e. The monoisotopic (exact) mass is 507 g/mol. The van der Waals surface area contributed by atoms with Gasteiger partial charge in [0.1, 0.15) is 24.4 Å². The summed E-state index contributed by atoms with van der Waals surface area (Å²) in [4.78, 5) is 62.6. The van der Waals surface area contributed by atoms with Gasteiger partial charge >= 0.3 is 5.97 Å². The minimum atomic E-state index is -1.61. The smallest absolute Gasteiger partial charge is 0.305 e. The standard InChI is InChI=1S/C27H26FN3O6/c1-17-12-21(30-25(35)19-10-6-3-7-11-19)27(37)31(16-17)22(13-18-8-4-2-5-9-18)26(36)29-20(14-24(33)34)23(32)15-28/h2-12,16,20,22H,13-15H2,1H3,(H,29,36)(H,30,35)(H,33,34)/t20-,22+/m1/s1. The molecular weight excluding hydrogens is 481 g/mol. The molecule has 0 saturated heterocycles. The van der Waals surface area contributed by atoms with E-state index < -0.39 is 54.3 Å². The first-order valence-corrected chi connectivity index (χ1v) is 11.4. The van der Waals surface area contributed by atoms with Crippen LogP contribution in [0.4, 0.5) is 10.1 Å². The summed E-state index contributed by atoms with van der Waals surface area (Å²) in [5, 5.41) is 14.0. The molecule has 0 saturated carbocycles. The molecule has 3 N–H and O–H groups in total. The molecule has 0 aliphatic rings. The molecule has 0 fully saturated rings. The number of Topliss-reactive ketones (excluding diaryl/α,β-unsaturated/α-hetero) is 1. The number of benzene rings is 2. The van der Waals surface area contributed by atoms with E-state index in [1.54, 1.807) is 67.6 Å². The first-order chi connectivity index (χ1) is 17.7. The number of aliphatic carboxylic acids is 1. The van der Waals surface area contributed by atoms with E-state index in [2.05, 4.69) is 10.6 Å². The highest BCUT2D eigenvalue weighted by Gasteiger charge is 2.29. The van der Waals surface area contributed by atoms with Crippen LogP contribution in [0.1, 0.15) is 33.9 Å². The summed E-state index contributed by atoms with van der Waals surface area (Å²) < 4.78 is 14.2. The Morgan fingerprint density at radius 1 is 1.00 bits per heavy atom. The van der Waals surface area contributed by atoms with Crippen molar-refractivity contribution in [2.24, 2.45) is 0 Å². The van der Waals surface area contributed by atoms with E-state index in [9.17, 15) is 28.4 Å². The van der Waals surface area contributed by atoms with E-state index >= 15 is 0 Å².